The molecule has 4 nitrogen and oxygen atoms in total. The first-order valence-corrected chi connectivity index (χ1v) is 8.00. The van der Waals surface area contributed by atoms with E-state index in [1.54, 1.807) is 0 Å². The lowest BCUT2D eigenvalue weighted by Crippen LogP contribution is -2.34. The first-order chi connectivity index (χ1) is 11.5. The van der Waals surface area contributed by atoms with Crippen LogP contribution in [0, 0.1) is 5.82 Å². The van der Waals surface area contributed by atoms with Crippen LogP contribution >= 0.6 is 0 Å². The molecule has 0 aliphatic carbocycles. The molecular weight excluding hydrogens is 307 g/mol. The molecule has 3 rings (SSSR count). The van der Waals surface area contributed by atoms with Gasteiger partial charge in [0.1, 0.15) is 11.6 Å². The van der Waals surface area contributed by atoms with Crippen molar-refractivity contribution in [1.29, 1.82) is 0 Å². The number of nitrogens with one attached hydrogen (secondary N) is 1. The molecule has 0 saturated heterocycles. The number of rotatable bonds is 5. The van der Waals surface area contributed by atoms with Crippen LogP contribution in [-0.2, 0) is 6.42 Å². The minimum atomic E-state index is -0.349. The molecule has 24 heavy (non-hydrogen) atoms. The first-order valence-electron chi connectivity index (χ1n) is 8.00. The Morgan fingerprint density at radius 2 is 2.00 bits per heavy atom. The molecule has 1 unspecified atom stereocenters. The maximum absolute atomic E-state index is 13.0. The minimum absolute atomic E-state index is 0.0558. The summed E-state index contributed by atoms with van der Waals surface area (Å²) in [5, 5.41) is 2.93. The standard InChI is InChI=1S/C19H21FN2O2/c1-22(2)17(14-5-8-18-15(11-14)9-10-24-18)12-21-19(23)13-3-6-16(20)7-4-13/h3-8,11,17H,9-10,12H2,1-2H3,(H,21,23). The molecule has 0 spiro atoms. The second-order valence-corrected chi connectivity index (χ2v) is 6.16. The third kappa shape index (κ3) is 3.57. The number of carbonyl (C=O) groups excluding carboxylic acids is 1. The number of halogens is 1. The van der Waals surface area contributed by atoms with E-state index in [-0.39, 0.29) is 17.8 Å². The van der Waals surface area contributed by atoms with Crippen LogP contribution in [-0.4, -0.2) is 38.1 Å². The van der Waals surface area contributed by atoms with Gasteiger partial charge in [-0.1, -0.05) is 12.1 Å². The fraction of sp³-hybridized carbons (Fsp3) is 0.316. The highest BCUT2D eigenvalue weighted by Gasteiger charge is 2.19. The SMILES string of the molecule is CN(C)C(CNC(=O)c1ccc(F)cc1)c1ccc2c(c1)CCO2. The number of carbonyl (C=O) groups is 1. The smallest absolute Gasteiger partial charge is 0.251 e. The molecule has 0 fully saturated rings. The van der Waals surface area contributed by atoms with Crippen molar-refractivity contribution in [2.45, 2.75) is 12.5 Å². The molecule has 1 aliphatic rings. The van der Waals surface area contributed by atoms with Gasteiger partial charge in [-0.3, -0.25) is 4.79 Å². The zero-order chi connectivity index (χ0) is 17.1. The van der Waals surface area contributed by atoms with Gasteiger partial charge in [-0.15, -0.1) is 0 Å². The maximum Gasteiger partial charge on any atom is 0.251 e. The number of hydrogen-bond donors (Lipinski definition) is 1. The summed E-state index contributed by atoms with van der Waals surface area (Å²) in [7, 11) is 3.97. The lowest BCUT2D eigenvalue weighted by atomic mass is 10.0. The largest absolute Gasteiger partial charge is 0.493 e. The zero-order valence-corrected chi connectivity index (χ0v) is 13.9. The van der Waals surface area contributed by atoms with Gasteiger partial charge in [0, 0.05) is 18.5 Å². The molecule has 1 aliphatic heterocycles. The Morgan fingerprint density at radius 3 is 2.71 bits per heavy atom. The Balaban J connectivity index is 1.70. The average Bonchev–Trinajstić information content (AvgIpc) is 3.03. The third-order valence-corrected chi connectivity index (χ3v) is 4.28. The van der Waals surface area contributed by atoms with Crippen LogP contribution in [0.15, 0.2) is 42.5 Å². The minimum Gasteiger partial charge on any atom is -0.493 e. The Hall–Kier alpha value is -2.40. The Kier molecular flexibility index (Phi) is 4.81. The van der Waals surface area contributed by atoms with E-state index in [0.717, 1.165) is 24.3 Å². The van der Waals surface area contributed by atoms with Gasteiger partial charge in [0.25, 0.3) is 5.91 Å². The van der Waals surface area contributed by atoms with E-state index in [1.807, 2.05) is 26.2 Å². The van der Waals surface area contributed by atoms with Gasteiger partial charge in [0.2, 0.25) is 0 Å². The van der Waals surface area contributed by atoms with Crippen molar-refractivity contribution >= 4 is 5.91 Å². The van der Waals surface area contributed by atoms with Crippen molar-refractivity contribution < 1.29 is 13.9 Å². The molecule has 1 amide bonds. The van der Waals surface area contributed by atoms with Crippen LogP contribution in [0.4, 0.5) is 4.39 Å². The molecule has 1 N–H and O–H groups in total. The summed E-state index contributed by atoms with van der Waals surface area (Å²) in [5.41, 5.74) is 2.81. The number of nitrogens with zero attached hydrogens (tertiary/aromatic N) is 1. The summed E-state index contributed by atoms with van der Waals surface area (Å²) < 4.78 is 18.5. The quantitative estimate of drug-likeness (QED) is 0.918. The summed E-state index contributed by atoms with van der Waals surface area (Å²) in [6, 6.07) is 11.8. The summed E-state index contributed by atoms with van der Waals surface area (Å²) in [5.74, 6) is 0.399. The van der Waals surface area contributed by atoms with E-state index in [1.165, 1.54) is 29.8 Å². The van der Waals surface area contributed by atoms with E-state index in [0.29, 0.717) is 12.1 Å². The van der Waals surface area contributed by atoms with Gasteiger partial charge < -0.3 is 15.0 Å². The molecule has 0 radical (unpaired) electrons. The van der Waals surface area contributed by atoms with E-state index in [9.17, 15) is 9.18 Å². The first kappa shape index (κ1) is 16.5. The highest BCUT2D eigenvalue weighted by Crippen LogP contribution is 2.29. The van der Waals surface area contributed by atoms with Crippen molar-refractivity contribution in [3.05, 3.63) is 65.0 Å². The van der Waals surface area contributed by atoms with Crippen LogP contribution in [0.25, 0.3) is 0 Å². The maximum atomic E-state index is 13.0. The topological polar surface area (TPSA) is 41.6 Å². The molecule has 1 heterocycles. The molecule has 126 valence electrons. The van der Waals surface area contributed by atoms with Crippen LogP contribution in [0.5, 0.6) is 5.75 Å². The monoisotopic (exact) mass is 328 g/mol. The number of ether oxygens (including phenoxy) is 1. The lowest BCUT2D eigenvalue weighted by Gasteiger charge is -2.25. The van der Waals surface area contributed by atoms with E-state index < -0.39 is 0 Å². The van der Waals surface area contributed by atoms with Crippen molar-refractivity contribution in [2.75, 3.05) is 27.2 Å². The molecular formula is C19H21FN2O2. The van der Waals surface area contributed by atoms with Gasteiger partial charge in [0.05, 0.1) is 12.6 Å². The van der Waals surface area contributed by atoms with E-state index in [2.05, 4.69) is 16.3 Å². The second kappa shape index (κ2) is 7.01. The van der Waals surface area contributed by atoms with Crippen LogP contribution in [0.3, 0.4) is 0 Å². The van der Waals surface area contributed by atoms with Gasteiger partial charge in [0.15, 0.2) is 0 Å². The second-order valence-electron chi connectivity index (χ2n) is 6.16. The zero-order valence-electron chi connectivity index (χ0n) is 13.9. The van der Waals surface area contributed by atoms with Crippen LogP contribution in [0.1, 0.15) is 27.5 Å². The van der Waals surface area contributed by atoms with Gasteiger partial charge in [-0.05, 0) is 55.6 Å². The van der Waals surface area contributed by atoms with Crippen LogP contribution < -0.4 is 10.1 Å². The molecule has 0 aromatic heterocycles. The lowest BCUT2D eigenvalue weighted by molar-refractivity contribution is 0.0942. The Bertz CT molecular complexity index is 729. The number of benzene rings is 2. The van der Waals surface area contributed by atoms with Gasteiger partial charge in [-0.25, -0.2) is 4.39 Å². The summed E-state index contributed by atoms with van der Waals surface area (Å²) in [4.78, 5) is 14.3. The molecule has 5 heteroatoms. The number of hydrogen-bond acceptors (Lipinski definition) is 3. The van der Waals surface area contributed by atoms with E-state index >= 15 is 0 Å². The molecule has 0 bridgehead atoms. The molecule has 1 atom stereocenters. The molecule has 0 saturated carbocycles. The predicted octanol–water partition coefficient (Wildman–Crippen LogP) is 2.79. The van der Waals surface area contributed by atoms with Gasteiger partial charge in [-0.2, -0.15) is 0 Å². The molecule has 2 aromatic carbocycles. The van der Waals surface area contributed by atoms with Crippen molar-refractivity contribution in [1.82, 2.24) is 10.2 Å². The van der Waals surface area contributed by atoms with Crippen molar-refractivity contribution in [3.63, 3.8) is 0 Å². The van der Waals surface area contributed by atoms with E-state index in [4.69, 9.17) is 4.74 Å². The van der Waals surface area contributed by atoms with Crippen LogP contribution in [0.2, 0.25) is 0 Å². The third-order valence-electron chi connectivity index (χ3n) is 4.28. The van der Waals surface area contributed by atoms with Gasteiger partial charge >= 0.3 is 0 Å². The number of fused-ring (bicyclic) bond motifs is 1. The average molecular weight is 328 g/mol. The normalized spacial score (nSPS) is 14.2. The number of amides is 1. The number of likely N-dealkylation sites (N-methyl/N-ethyl adjacent to an activating group) is 1. The summed E-state index contributed by atoms with van der Waals surface area (Å²) >= 11 is 0. The fourth-order valence-corrected chi connectivity index (χ4v) is 2.91. The highest BCUT2D eigenvalue weighted by atomic mass is 19.1. The summed E-state index contributed by atoms with van der Waals surface area (Å²) in [6.07, 6.45) is 0.922. The van der Waals surface area contributed by atoms with Crippen molar-refractivity contribution in [2.24, 2.45) is 0 Å². The Labute approximate surface area is 141 Å². The highest BCUT2D eigenvalue weighted by molar-refractivity contribution is 5.94. The summed E-state index contributed by atoms with van der Waals surface area (Å²) in [6.45, 7) is 1.20. The Morgan fingerprint density at radius 1 is 1.25 bits per heavy atom. The predicted molar refractivity (Wildman–Crippen MR) is 90.8 cm³/mol. The molecule has 2 aromatic rings. The van der Waals surface area contributed by atoms with Crippen molar-refractivity contribution in [3.8, 4) is 5.75 Å². The fourth-order valence-electron chi connectivity index (χ4n) is 2.91.